The molecule has 0 aliphatic carbocycles. The molecule has 3 heterocycles. The number of imide groups is 1. The van der Waals surface area contributed by atoms with E-state index < -0.39 is 11.6 Å². The molecule has 2 saturated heterocycles. The number of nitrogens with one attached hydrogen (secondary N) is 2. The Bertz CT molecular complexity index is 603. The van der Waals surface area contributed by atoms with Crippen LogP contribution in [-0.4, -0.2) is 41.4 Å². The fraction of sp³-hybridized carbons (Fsp3) is 0.417. The summed E-state index contributed by atoms with van der Waals surface area (Å²) in [6.07, 6.45) is 1.24. The minimum atomic E-state index is -0.960. The summed E-state index contributed by atoms with van der Waals surface area (Å²) < 4.78 is 0.888. The van der Waals surface area contributed by atoms with Crippen LogP contribution in [0.2, 0.25) is 0 Å². The zero-order chi connectivity index (χ0) is 14.3. The normalized spacial score (nSPS) is 25.8. The van der Waals surface area contributed by atoms with Crippen LogP contribution in [0.1, 0.15) is 23.2 Å². The molecule has 2 aliphatic rings. The lowest BCUT2D eigenvalue weighted by Gasteiger charge is -2.37. The summed E-state index contributed by atoms with van der Waals surface area (Å²) in [5.41, 5.74) is -0.359. The van der Waals surface area contributed by atoms with Crippen molar-refractivity contribution in [1.82, 2.24) is 15.5 Å². The zero-order valence-corrected chi connectivity index (χ0v) is 12.8. The van der Waals surface area contributed by atoms with Gasteiger partial charge in [-0.15, -0.1) is 11.3 Å². The minimum absolute atomic E-state index is 0.111. The molecule has 106 valence electrons. The highest BCUT2D eigenvalue weighted by molar-refractivity contribution is 9.11. The van der Waals surface area contributed by atoms with E-state index in [9.17, 15) is 14.4 Å². The number of rotatable bonds is 1. The molecular formula is C12H12BrN3O3S. The number of hydrogen-bond donors (Lipinski definition) is 2. The Labute approximate surface area is 127 Å². The second-order valence-corrected chi connectivity index (χ2v) is 7.25. The van der Waals surface area contributed by atoms with E-state index in [1.165, 1.54) is 11.3 Å². The van der Waals surface area contributed by atoms with E-state index in [0.717, 1.165) is 3.79 Å². The first kappa shape index (κ1) is 13.6. The third kappa shape index (κ3) is 2.22. The molecule has 2 aliphatic heterocycles. The summed E-state index contributed by atoms with van der Waals surface area (Å²) >= 11 is 4.77. The number of likely N-dealkylation sites (tertiary alicyclic amines) is 1. The summed E-state index contributed by atoms with van der Waals surface area (Å²) in [6.45, 7) is 0.814. The van der Waals surface area contributed by atoms with Crippen LogP contribution < -0.4 is 10.6 Å². The van der Waals surface area contributed by atoms with Gasteiger partial charge in [0.2, 0.25) is 0 Å². The molecule has 1 aromatic rings. The van der Waals surface area contributed by atoms with Crippen LogP contribution in [0.15, 0.2) is 15.2 Å². The molecule has 0 aromatic carbocycles. The minimum Gasteiger partial charge on any atom is -0.336 e. The fourth-order valence-corrected chi connectivity index (χ4v) is 3.78. The number of halogens is 1. The van der Waals surface area contributed by atoms with Crippen molar-refractivity contribution in [3.63, 3.8) is 0 Å². The average Bonchev–Trinajstić information content (AvgIpc) is 2.94. The number of amides is 4. The molecule has 2 fully saturated rings. The molecule has 0 bridgehead atoms. The van der Waals surface area contributed by atoms with E-state index in [1.54, 1.807) is 16.3 Å². The fourth-order valence-electron chi connectivity index (χ4n) is 2.65. The lowest BCUT2D eigenvalue weighted by atomic mass is 9.89. The van der Waals surface area contributed by atoms with Gasteiger partial charge in [0, 0.05) is 11.9 Å². The first-order valence-corrected chi connectivity index (χ1v) is 7.84. The molecule has 1 aromatic heterocycles. The maximum atomic E-state index is 12.4. The van der Waals surface area contributed by atoms with Gasteiger partial charge in [0.1, 0.15) is 5.54 Å². The molecule has 3 rings (SSSR count). The lowest BCUT2D eigenvalue weighted by molar-refractivity contribution is -0.125. The van der Waals surface area contributed by atoms with Crippen molar-refractivity contribution in [2.24, 2.45) is 0 Å². The topological polar surface area (TPSA) is 78.5 Å². The molecule has 6 nitrogen and oxygen atoms in total. The highest BCUT2D eigenvalue weighted by atomic mass is 79.9. The maximum Gasteiger partial charge on any atom is 0.322 e. The van der Waals surface area contributed by atoms with Crippen molar-refractivity contribution in [3.8, 4) is 0 Å². The predicted octanol–water partition coefficient (Wildman–Crippen LogP) is 1.32. The number of carbonyl (C=O) groups is 3. The van der Waals surface area contributed by atoms with Gasteiger partial charge < -0.3 is 10.2 Å². The summed E-state index contributed by atoms with van der Waals surface area (Å²) in [6, 6.07) is 1.28. The SMILES string of the molecule is O=C1NC(=O)C2(CCCN(C(=O)c3csc(Br)c3)C2)N1. The van der Waals surface area contributed by atoms with E-state index in [1.807, 2.05) is 0 Å². The van der Waals surface area contributed by atoms with Crippen LogP contribution in [0, 0.1) is 0 Å². The van der Waals surface area contributed by atoms with Gasteiger partial charge in [-0.25, -0.2) is 4.79 Å². The van der Waals surface area contributed by atoms with Gasteiger partial charge in [-0.05, 0) is 34.8 Å². The number of nitrogens with zero attached hydrogens (tertiary/aromatic N) is 1. The molecule has 0 radical (unpaired) electrons. The Hall–Kier alpha value is -1.41. The van der Waals surface area contributed by atoms with E-state index in [0.29, 0.717) is 24.9 Å². The Kier molecular flexibility index (Phi) is 3.29. The average molecular weight is 358 g/mol. The summed E-state index contributed by atoms with van der Waals surface area (Å²) in [7, 11) is 0. The highest BCUT2D eigenvalue weighted by Gasteiger charge is 2.49. The van der Waals surface area contributed by atoms with Gasteiger partial charge in [-0.1, -0.05) is 0 Å². The molecule has 2 N–H and O–H groups in total. The zero-order valence-electron chi connectivity index (χ0n) is 10.4. The van der Waals surface area contributed by atoms with Crippen LogP contribution >= 0.6 is 27.3 Å². The highest BCUT2D eigenvalue weighted by Crippen LogP contribution is 2.27. The van der Waals surface area contributed by atoms with Crippen LogP contribution in [-0.2, 0) is 4.79 Å². The Morgan fingerprint density at radius 2 is 2.25 bits per heavy atom. The van der Waals surface area contributed by atoms with Crippen molar-refractivity contribution in [1.29, 1.82) is 0 Å². The van der Waals surface area contributed by atoms with Gasteiger partial charge in [-0.2, -0.15) is 0 Å². The maximum absolute atomic E-state index is 12.4. The van der Waals surface area contributed by atoms with E-state index in [2.05, 4.69) is 26.6 Å². The smallest absolute Gasteiger partial charge is 0.322 e. The van der Waals surface area contributed by atoms with Crippen molar-refractivity contribution in [2.45, 2.75) is 18.4 Å². The van der Waals surface area contributed by atoms with Gasteiger partial charge >= 0.3 is 6.03 Å². The van der Waals surface area contributed by atoms with Gasteiger partial charge in [0.05, 0.1) is 15.9 Å². The number of piperidine rings is 1. The van der Waals surface area contributed by atoms with Gasteiger partial charge in [-0.3, -0.25) is 14.9 Å². The second-order valence-electron chi connectivity index (χ2n) is 4.96. The number of thiophene rings is 1. The number of carbonyl (C=O) groups excluding carboxylic acids is 3. The quantitative estimate of drug-likeness (QED) is 0.744. The first-order chi connectivity index (χ1) is 9.50. The first-order valence-electron chi connectivity index (χ1n) is 6.17. The molecule has 1 spiro atoms. The molecule has 1 unspecified atom stereocenters. The Balaban J connectivity index is 1.80. The molecular weight excluding hydrogens is 346 g/mol. The number of urea groups is 1. The summed E-state index contributed by atoms with van der Waals surface area (Å²) in [5, 5.41) is 6.69. The number of hydrogen-bond acceptors (Lipinski definition) is 4. The third-order valence-corrected chi connectivity index (χ3v) is 5.11. The van der Waals surface area contributed by atoms with Crippen molar-refractivity contribution < 1.29 is 14.4 Å². The van der Waals surface area contributed by atoms with Crippen molar-refractivity contribution in [3.05, 3.63) is 20.8 Å². The molecule has 8 heteroatoms. The van der Waals surface area contributed by atoms with Crippen LogP contribution in [0.5, 0.6) is 0 Å². The largest absolute Gasteiger partial charge is 0.336 e. The molecule has 1 atom stereocenters. The van der Waals surface area contributed by atoms with Gasteiger partial charge in [0.25, 0.3) is 11.8 Å². The van der Waals surface area contributed by atoms with Crippen LogP contribution in [0.25, 0.3) is 0 Å². The third-order valence-electron chi connectivity index (χ3n) is 3.61. The van der Waals surface area contributed by atoms with E-state index >= 15 is 0 Å². The summed E-state index contributed by atoms with van der Waals surface area (Å²) in [5.74, 6) is -0.452. The van der Waals surface area contributed by atoms with Crippen molar-refractivity contribution in [2.75, 3.05) is 13.1 Å². The standard InChI is InChI=1S/C12H12BrN3O3S/c13-8-4-7(5-20-8)9(17)16-3-1-2-12(6-16)10(18)14-11(19)15-12/h4-5H,1-3,6H2,(H2,14,15,18,19). The second kappa shape index (κ2) is 4.85. The molecule has 4 amide bonds. The summed E-state index contributed by atoms with van der Waals surface area (Å²) in [4.78, 5) is 37.3. The Morgan fingerprint density at radius 3 is 2.85 bits per heavy atom. The van der Waals surface area contributed by atoms with Crippen LogP contribution in [0.4, 0.5) is 4.79 Å². The van der Waals surface area contributed by atoms with Gasteiger partial charge in [0.15, 0.2) is 0 Å². The molecule has 20 heavy (non-hydrogen) atoms. The van der Waals surface area contributed by atoms with E-state index in [-0.39, 0.29) is 18.4 Å². The monoisotopic (exact) mass is 357 g/mol. The lowest BCUT2D eigenvalue weighted by Crippen LogP contribution is -2.59. The Morgan fingerprint density at radius 1 is 1.45 bits per heavy atom. The predicted molar refractivity (Wildman–Crippen MR) is 76.6 cm³/mol. The van der Waals surface area contributed by atoms with Crippen molar-refractivity contribution >= 4 is 45.1 Å². The van der Waals surface area contributed by atoms with Crippen LogP contribution in [0.3, 0.4) is 0 Å². The van der Waals surface area contributed by atoms with E-state index in [4.69, 9.17) is 0 Å². The molecule has 0 saturated carbocycles.